The van der Waals surface area contributed by atoms with Gasteiger partial charge in [-0.3, -0.25) is 0 Å². The smallest absolute Gasteiger partial charge is 0.213 e. The molecule has 0 atom stereocenters. The number of hydrogen-bond donors (Lipinski definition) is 1. The molecule has 0 spiro atoms. The van der Waals surface area contributed by atoms with Gasteiger partial charge in [0.1, 0.15) is 11.6 Å². The molecule has 0 aliphatic carbocycles. The predicted molar refractivity (Wildman–Crippen MR) is 88.5 cm³/mol. The molecule has 0 bridgehead atoms. The second kappa shape index (κ2) is 7.23. The lowest BCUT2D eigenvalue weighted by molar-refractivity contribution is 0.212. The molecule has 1 aromatic rings. The SMILES string of the molecule is CCc1nnc(NCC2CN(S(=O)(=O)CC)C2)c(C#N)c1CC. The van der Waals surface area contributed by atoms with Crippen molar-refractivity contribution >= 4 is 15.8 Å². The predicted octanol–water partition coefficient (Wildman–Crippen LogP) is 1.17. The Kier molecular flexibility index (Phi) is 5.55. The molecule has 2 heterocycles. The molecule has 1 aromatic heterocycles. The molecule has 7 nitrogen and oxygen atoms in total. The zero-order valence-electron chi connectivity index (χ0n) is 13.8. The highest BCUT2D eigenvalue weighted by atomic mass is 32.2. The van der Waals surface area contributed by atoms with Gasteiger partial charge in [-0.15, -0.1) is 5.10 Å². The van der Waals surface area contributed by atoms with Crippen molar-refractivity contribution < 1.29 is 8.42 Å². The van der Waals surface area contributed by atoms with Gasteiger partial charge in [0.05, 0.1) is 11.4 Å². The second-order valence-electron chi connectivity index (χ2n) is 5.63. The molecule has 126 valence electrons. The molecule has 23 heavy (non-hydrogen) atoms. The van der Waals surface area contributed by atoms with E-state index in [2.05, 4.69) is 21.6 Å². The van der Waals surface area contributed by atoms with E-state index < -0.39 is 10.0 Å². The Morgan fingerprint density at radius 3 is 2.48 bits per heavy atom. The number of nitriles is 1. The van der Waals surface area contributed by atoms with Crippen molar-refractivity contribution in [3.05, 3.63) is 16.8 Å². The number of nitrogens with one attached hydrogen (secondary N) is 1. The zero-order chi connectivity index (χ0) is 17.0. The van der Waals surface area contributed by atoms with Crippen molar-refractivity contribution in [3.8, 4) is 6.07 Å². The highest BCUT2D eigenvalue weighted by molar-refractivity contribution is 7.89. The lowest BCUT2D eigenvalue weighted by Crippen LogP contribution is -2.52. The van der Waals surface area contributed by atoms with Gasteiger partial charge in [0, 0.05) is 25.6 Å². The average molecular weight is 337 g/mol. The minimum Gasteiger partial charge on any atom is -0.367 e. The third kappa shape index (κ3) is 3.62. The Labute approximate surface area is 137 Å². The Balaban J connectivity index is 2.02. The number of anilines is 1. The highest BCUT2D eigenvalue weighted by Crippen LogP contribution is 2.23. The van der Waals surface area contributed by atoms with Crippen LogP contribution in [-0.2, 0) is 22.9 Å². The van der Waals surface area contributed by atoms with Gasteiger partial charge < -0.3 is 5.32 Å². The van der Waals surface area contributed by atoms with E-state index in [1.165, 1.54) is 4.31 Å². The third-order valence-corrected chi connectivity index (χ3v) is 6.01. The molecule has 0 aromatic carbocycles. The van der Waals surface area contributed by atoms with Crippen molar-refractivity contribution in [2.24, 2.45) is 5.92 Å². The lowest BCUT2D eigenvalue weighted by atomic mass is 10.0. The summed E-state index contributed by atoms with van der Waals surface area (Å²) in [6, 6.07) is 2.22. The monoisotopic (exact) mass is 337 g/mol. The highest BCUT2D eigenvalue weighted by Gasteiger charge is 2.34. The summed E-state index contributed by atoms with van der Waals surface area (Å²) in [6.07, 6.45) is 1.49. The van der Waals surface area contributed by atoms with Crippen LogP contribution in [0.25, 0.3) is 0 Å². The number of sulfonamides is 1. The fourth-order valence-electron chi connectivity index (χ4n) is 2.72. The second-order valence-corrected chi connectivity index (χ2v) is 7.89. The van der Waals surface area contributed by atoms with Crippen LogP contribution in [0, 0.1) is 17.2 Å². The van der Waals surface area contributed by atoms with Crippen LogP contribution in [0.15, 0.2) is 0 Å². The molecule has 2 rings (SSSR count). The summed E-state index contributed by atoms with van der Waals surface area (Å²) in [7, 11) is -3.08. The molecule has 1 N–H and O–H groups in total. The number of aryl methyl sites for hydroxylation is 1. The van der Waals surface area contributed by atoms with Crippen LogP contribution < -0.4 is 5.32 Å². The third-order valence-electron chi connectivity index (χ3n) is 4.20. The van der Waals surface area contributed by atoms with Gasteiger partial charge >= 0.3 is 0 Å². The van der Waals surface area contributed by atoms with E-state index in [0.717, 1.165) is 24.1 Å². The van der Waals surface area contributed by atoms with E-state index in [9.17, 15) is 13.7 Å². The van der Waals surface area contributed by atoms with Gasteiger partial charge in [-0.1, -0.05) is 13.8 Å². The zero-order valence-corrected chi connectivity index (χ0v) is 14.7. The Morgan fingerprint density at radius 2 is 1.96 bits per heavy atom. The number of hydrogen-bond acceptors (Lipinski definition) is 6. The van der Waals surface area contributed by atoms with Crippen LogP contribution in [0.5, 0.6) is 0 Å². The quantitative estimate of drug-likeness (QED) is 0.802. The van der Waals surface area contributed by atoms with E-state index in [1.807, 2.05) is 13.8 Å². The molecular formula is C15H23N5O2S. The van der Waals surface area contributed by atoms with Crippen molar-refractivity contribution in [2.75, 3.05) is 30.7 Å². The van der Waals surface area contributed by atoms with Crippen LogP contribution in [0.1, 0.15) is 37.6 Å². The van der Waals surface area contributed by atoms with Crippen LogP contribution >= 0.6 is 0 Å². The maximum atomic E-state index is 11.7. The normalized spacial score (nSPS) is 15.9. The van der Waals surface area contributed by atoms with Gasteiger partial charge in [-0.05, 0) is 25.3 Å². The molecule has 1 saturated heterocycles. The number of rotatable bonds is 7. The van der Waals surface area contributed by atoms with Gasteiger partial charge in [-0.2, -0.15) is 10.4 Å². The standard InChI is InChI=1S/C15H23N5O2S/c1-4-12-13(7-16)15(19-18-14(12)5-2)17-8-11-9-20(10-11)23(21,22)6-3/h11H,4-6,8-10H2,1-3H3,(H,17,19). The summed E-state index contributed by atoms with van der Waals surface area (Å²) in [4.78, 5) is 0. The van der Waals surface area contributed by atoms with Gasteiger partial charge in [0.2, 0.25) is 10.0 Å². The first kappa shape index (κ1) is 17.6. The van der Waals surface area contributed by atoms with Crippen LogP contribution in [0.2, 0.25) is 0 Å². The van der Waals surface area contributed by atoms with E-state index in [1.54, 1.807) is 6.92 Å². The van der Waals surface area contributed by atoms with Crippen molar-refractivity contribution in [1.82, 2.24) is 14.5 Å². The molecule has 0 amide bonds. The summed E-state index contributed by atoms with van der Waals surface area (Å²) < 4.78 is 24.9. The van der Waals surface area contributed by atoms with Crippen LogP contribution in [0.3, 0.4) is 0 Å². The lowest BCUT2D eigenvalue weighted by Gasteiger charge is -2.38. The fraction of sp³-hybridized carbons (Fsp3) is 0.667. The van der Waals surface area contributed by atoms with E-state index in [4.69, 9.17) is 0 Å². The van der Waals surface area contributed by atoms with Crippen LogP contribution in [0.4, 0.5) is 5.82 Å². The average Bonchev–Trinajstić information content (AvgIpc) is 2.52. The summed E-state index contributed by atoms with van der Waals surface area (Å²) >= 11 is 0. The molecular weight excluding hydrogens is 314 g/mol. The minimum absolute atomic E-state index is 0.134. The summed E-state index contributed by atoms with van der Waals surface area (Å²) in [5.41, 5.74) is 2.35. The molecule has 8 heteroatoms. The summed E-state index contributed by atoms with van der Waals surface area (Å²) in [6.45, 7) is 7.28. The maximum Gasteiger partial charge on any atom is 0.213 e. The summed E-state index contributed by atoms with van der Waals surface area (Å²) in [5, 5.41) is 20.9. The summed E-state index contributed by atoms with van der Waals surface area (Å²) in [5.74, 6) is 0.870. The first-order chi connectivity index (χ1) is 11.0. The number of nitrogens with zero attached hydrogens (tertiary/aromatic N) is 4. The van der Waals surface area contributed by atoms with E-state index in [-0.39, 0.29) is 11.7 Å². The Morgan fingerprint density at radius 1 is 1.26 bits per heavy atom. The van der Waals surface area contributed by atoms with Crippen LogP contribution in [-0.4, -0.2) is 48.3 Å². The largest absolute Gasteiger partial charge is 0.367 e. The molecule has 0 unspecified atom stereocenters. The first-order valence-corrected chi connectivity index (χ1v) is 9.57. The van der Waals surface area contributed by atoms with Crippen molar-refractivity contribution in [1.29, 1.82) is 5.26 Å². The van der Waals surface area contributed by atoms with E-state index in [0.29, 0.717) is 31.0 Å². The van der Waals surface area contributed by atoms with Crippen molar-refractivity contribution in [3.63, 3.8) is 0 Å². The van der Waals surface area contributed by atoms with Crippen molar-refractivity contribution in [2.45, 2.75) is 33.6 Å². The van der Waals surface area contributed by atoms with E-state index >= 15 is 0 Å². The molecule has 0 radical (unpaired) electrons. The molecule has 1 fully saturated rings. The van der Waals surface area contributed by atoms with Gasteiger partial charge in [0.25, 0.3) is 0 Å². The minimum atomic E-state index is -3.08. The fourth-order valence-corrected chi connectivity index (χ4v) is 3.96. The maximum absolute atomic E-state index is 11.7. The molecule has 1 aliphatic rings. The number of aromatic nitrogens is 2. The first-order valence-electron chi connectivity index (χ1n) is 7.96. The Hall–Kier alpha value is -1.72. The van der Waals surface area contributed by atoms with Gasteiger partial charge in [-0.25, -0.2) is 12.7 Å². The topological polar surface area (TPSA) is 99.0 Å². The molecule has 0 saturated carbocycles. The Bertz CT molecular complexity index is 705. The van der Waals surface area contributed by atoms with Gasteiger partial charge in [0.15, 0.2) is 5.82 Å². The molecule has 1 aliphatic heterocycles.